The molecule has 1 aliphatic heterocycles. The first-order valence-corrected chi connectivity index (χ1v) is 7.40. The minimum absolute atomic E-state index is 0.00221. The van der Waals surface area contributed by atoms with Crippen LogP contribution in [0.5, 0.6) is 0 Å². The van der Waals surface area contributed by atoms with Gasteiger partial charge in [0.15, 0.2) is 3.55 Å². The number of hydrogen-bond donors (Lipinski definition) is 2. The fourth-order valence-corrected chi connectivity index (χ4v) is 2.99. The molecular weight excluding hydrogens is 430 g/mol. The number of halogens is 4. The lowest BCUT2D eigenvalue weighted by Crippen LogP contribution is -2.55. The smallest absolute Gasteiger partial charge is 0.389 e. The Labute approximate surface area is 142 Å². The molecule has 0 fully saturated rings. The molecule has 0 saturated heterocycles. The average Bonchev–Trinajstić information content (AvgIpc) is 2.69. The van der Waals surface area contributed by atoms with Crippen LogP contribution in [-0.2, 0) is 4.79 Å². The molecule has 1 heterocycles. The monoisotopic (exact) mass is 441 g/mol. The second-order valence-corrected chi connectivity index (χ2v) is 6.74. The Hall–Kier alpha value is -1.85. The number of nitrogens with zero attached hydrogens (tertiary/aromatic N) is 1. The van der Waals surface area contributed by atoms with E-state index in [2.05, 4.69) is 0 Å². The van der Waals surface area contributed by atoms with Crippen LogP contribution < -0.4 is 11.5 Å². The number of alkyl halides is 4. The maximum Gasteiger partial charge on any atom is 0.389 e. The topological polar surface area (TPSA) is 106 Å². The first-order chi connectivity index (χ1) is 10.5. The second kappa shape index (κ2) is 5.65. The quantitative estimate of drug-likeness (QED) is 0.245. The van der Waals surface area contributed by atoms with Crippen LogP contribution in [-0.4, -0.2) is 32.3 Å². The molecule has 0 saturated carbocycles. The lowest BCUT2D eigenvalue weighted by atomic mass is 10.1. The van der Waals surface area contributed by atoms with Gasteiger partial charge in [0.2, 0.25) is 0 Å². The van der Waals surface area contributed by atoms with Crippen molar-refractivity contribution in [2.75, 3.05) is 5.73 Å². The third-order valence-corrected chi connectivity index (χ3v) is 4.97. The number of rotatable bonds is 4. The Morgan fingerprint density at radius 1 is 1.17 bits per heavy atom. The number of anilines is 1. The number of nitrogens with two attached hydrogens (primary N) is 2. The molecule has 1 atom stereocenters. The van der Waals surface area contributed by atoms with E-state index in [9.17, 15) is 27.6 Å². The number of hydrogen-bond acceptors (Lipinski definition) is 4. The molecule has 0 radical (unpaired) electrons. The molecule has 1 aromatic rings. The summed E-state index contributed by atoms with van der Waals surface area (Å²) in [6.45, 7) is 0. The van der Waals surface area contributed by atoms with Crippen molar-refractivity contribution in [3.05, 3.63) is 29.3 Å². The molecule has 1 aromatic carbocycles. The van der Waals surface area contributed by atoms with E-state index in [0.29, 0.717) is 4.90 Å². The Morgan fingerprint density at radius 2 is 1.78 bits per heavy atom. The molecule has 3 amide bonds. The minimum atomic E-state index is -4.57. The Balaban J connectivity index is 2.46. The summed E-state index contributed by atoms with van der Waals surface area (Å²) in [5, 5.41) is 0. The summed E-state index contributed by atoms with van der Waals surface area (Å²) in [4.78, 5) is 37.0. The third kappa shape index (κ3) is 2.99. The van der Waals surface area contributed by atoms with Crippen LogP contribution in [0.1, 0.15) is 33.6 Å². The summed E-state index contributed by atoms with van der Waals surface area (Å²) in [6, 6.07) is 4.12. The van der Waals surface area contributed by atoms with Gasteiger partial charge in [0.1, 0.15) is 0 Å². The van der Waals surface area contributed by atoms with E-state index in [4.69, 9.17) is 11.5 Å². The van der Waals surface area contributed by atoms with E-state index >= 15 is 0 Å². The fraction of sp³-hybridized carbons (Fsp3) is 0.308. The van der Waals surface area contributed by atoms with Gasteiger partial charge in [0.25, 0.3) is 17.7 Å². The van der Waals surface area contributed by atoms with Gasteiger partial charge in [-0.25, -0.2) is 4.90 Å². The summed E-state index contributed by atoms with van der Waals surface area (Å²) in [7, 11) is 0. The van der Waals surface area contributed by atoms with Crippen molar-refractivity contribution >= 4 is 46.0 Å². The number of imide groups is 1. The highest BCUT2D eigenvalue weighted by Gasteiger charge is 2.53. The van der Waals surface area contributed by atoms with Gasteiger partial charge in [-0.2, -0.15) is 13.2 Å². The number of benzene rings is 1. The van der Waals surface area contributed by atoms with Gasteiger partial charge in [-0.3, -0.25) is 14.4 Å². The van der Waals surface area contributed by atoms with Crippen LogP contribution in [0.15, 0.2) is 18.2 Å². The van der Waals surface area contributed by atoms with E-state index in [0.717, 1.165) is 0 Å². The molecule has 0 bridgehead atoms. The second-order valence-electron chi connectivity index (χ2n) is 4.95. The van der Waals surface area contributed by atoms with E-state index < -0.39 is 40.3 Å². The molecule has 0 aromatic heterocycles. The van der Waals surface area contributed by atoms with Gasteiger partial charge >= 0.3 is 6.18 Å². The number of nitrogen functional groups attached to an aromatic ring is 1. The Bertz CT molecular complexity index is 707. The van der Waals surface area contributed by atoms with Crippen molar-refractivity contribution in [2.24, 2.45) is 5.73 Å². The van der Waals surface area contributed by atoms with Gasteiger partial charge in [0, 0.05) is 12.1 Å². The zero-order chi connectivity index (χ0) is 17.6. The molecule has 10 heteroatoms. The highest BCUT2D eigenvalue weighted by atomic mass is 127. The van der Waals surface area contributed by atoms with Crippen LogP contribution >= 0.6 is 22.6 Å². The van der Waals surface area contributed by atoms with E-state index in [1.807, 2.05) is 0 Å². The summed E-state index contributed by atoms with van der Waals surface area (Å²) in [5.41, 5.74) is 10.6. The Kier molecular flexibility index (Phi) is 4.30. The third-order valence-electron chi connectivity index (χ3n) is 3.42. The molecule has 0 spiro atoms. The predicted octanol–water partition coefficient (Wildman–Crippen LogP) is 1.82. The highest BCUT2D eigenvalue weighted by Crippen LogP contribution is 2.40. The SMILES string of the molecule is NC(=O)C(I)(CCC(F)(F)F)N1C(=O)c2cccc(N)c2C1=O. The fourth-order valence-electron chi connectivity index (χ4n) is 2.29. The molecule has 23 heavy (non-hydrogen) atoms. The van der Waals surface area contributed by atoms with E-state index in [-0.39, 0.29) is 16.8 Å². The van der Waals surface area contributed by atoms with E-state index in [1.54, 1.807) is 0 Å². The molecular formula is C13H11F3IN3O3. The molecule has 1 unspecified atom stereocenters. The van der Waals surface area contributed by atoms with Crippen molar-refractivity contribution in [3.63, 3.8) is 0 Å². The largest absolute Gasteiger partial charge is 0.398 e. The minimum Gasteiger partial charge on any atom is -0.398 e. The molecule has 4 N–H and O–H groups in total. The normalized spacial score (nSPS) is 17.1. The first-order valence-electron chi connectivity index (χ1n) is 6.32. The lowest BCUT2D eigenvalue weighted by molar-refractivity contribution is -0.140. The van der Waals surface area contributed by atoms with Crippen LogP contribution in [0.25, 0.3) is 0 Å². The average molecular weight is 441 g/mol. The van der Waals surface area contributed by atoms with Crippen molar-refractivity contribution < 1.29 is 27.6 Å². The molecule has 1 aliphatic rings. The summed E-state index contributed by atoms with van der Waals surface area (Å²) < 4.78 is 35.3. The zero-order valence-electron chi connectivity index (χ0n) is 11.5. The lowest BCUT2D eigenvalue weighted by Gasteiger charge is -2.32. The van der Waals surface area contributed by atoms with Gasteiger partial charge in [-0.05, 0) is 41.1 Å². The highest BCUT2D eigenvalue weighted by molar-refractivity contribution is 14.1. The molecule has 6 nitrogen and oxygen atoms in total. The number of carbonyl (C=O) groups is 3. The summed E-state index contributed by atoms with van der Waals surface area (Å²) in [5.74, 6) is -3.04. The molecule has 124 valence electrons. The number of carbonyl (C=O) groups excluding carboxylic acids is 3. The van der Waals surface area contributed by atoms with Gasteiger partial charge in [0.05, 0.1) is 11.1 Å². The first kappa shape index (κ1) is 17.5. The summed E-state index contributed by atoms with van der Waals surface area (Å²) in [6.07, 6.45) is -6.77. The maximum atomic E-state index is 12.5. The van der Waals surface area contributed by atoms with E-state index in [1.165, 1.54) is 40.8 Å². The maximum absolute atomic E-state index is 12.5. The van der Waals surface area contributed by atoms with Crippen LogP contribution in [0, 0.1) is 0 Å². The van der Waals surface area contributed by atoms with Crippen molar-refractivity contribution in [3.8, 4) is 0 Å². The van der Waals surface area contributed by atoms with Crippen molar-refractivity contribution in [2.45, 2.75) is 22.6 Å². The standard InChI is InChI=1S/C13H11F3IN3O3/c14-13(15,16)5-4-12(17,11(19)23)20-9(21)6-2-1-3-7(18)8(6)10(20)22/h1-3H,4-5,18H2,(H2,19,23). The Morgan fingerprint density at radius 3 is 2.26 bits per heavy atom. The number of fused-ring (bicyclic) bond motifs is 1. The van der Waals surface area contributed by atoms with Crippen LogP contribution in [0.3, 0.4) is 0 Å². The molecule has 0 aliphatic carbocycles. The van der Waals surface area contributed by atoms with Crippen molar-refractivity contribution in [1.29, 1.82) is 0 Å². The summed E-state index contributed by atoms with van der Waals surface area (Å²) >= 11 is 1.32. The van der Waals surface area contributed by atoms with Gasteiger partial charge < -0.3 is 11.5 Å². The van der Waals surface area contributed by atoms with Gasteiger partial charge in [-0.1, -0.05) is 6.07 Å². The van der Waals surface area contributed by atoms with Crippen LogP contribution in [0.4, 0.5) is 18.9 Å². The number of amides is 3. The molecule has 2 rings (SSSR count). The number of primary amides is 1. The van der Waals surface area contributed by atoms with Crippen LogP contribution in [0.2, 0.25) is 0 Å². The zero-order valence-corrected chi connectivity index (χ0v) is 13.6. The van der Waals surface area contributed by atoms with Gasteiger partial charge in [-0.15, -0.1) is 0 Å². The van der Waals surface area contributed by atoms with Crippen molar-refractivity contribution in [1.82, 2.24) is 4.90 Å². The predicted molar refractivity (Wildman–Crippen MR) is 82.6 cm³/mol.